The standard InChI is InChI=1S/C18H29N3O4/c1-6-24-16(22)14-11-20(5)15-7-9-21(12-13(14)15)10-8-19-17(23)25-18(2,3)4/h11H,6-10,12H2,1-5H3,(H,19,23). The van der Waals surface area contributed by atoms with Crippen LogP contribution >= 0.6 is 0 Å². The Balaban J connectivity index is 1.92. The lowest BCUT2D eigenvalue weighted by atomic mass is 10.0. The van der Waals surface area contributed by atoms with Crippen molar-refractivity contribution < 1.29 is 19.1 Å². The van der Waals surface area contributed by atoms with Gasteiger partial charge in [0.25, 0.3) is 0 Å². The van der Waals surface area contributed by atoms with Gasteiger partial charge in [0, 0.05) is 57.1 Å². The molecule has 0 fully saturated rings. The van der Waals surface area contributed by atoms with E-state index in [0.29, 0.717) is 31.8 Å². The molecule has 0 aliphatic carbocycles. The molecule has 140 valence electrons. The van der Waals surface area contributed by atoms with Crippen LogP contribution in [0.25, 0.3) is 0 Å². The van der Waals surface area contributed by atoms with Gasteiger partial charge < -0.3 is 19.4 Å². The number of nitrogens with zero attached hydrogens (tertiary/aromatic N) is 2. The normalized spacial score (nSPS) is 14.8. The molecule has 2 rings (SSSR count). The van der Waals surface area contributed by atoms with Crippen molar-refractivity contribution in [3.05, 3.63) is 23.0 Å². The summed E-state index contributed by atoms with van der Waals surface area (Å²) in [6, 6.07) is 0. The van der Waals surface area contributed by atoms with Crippen molar-refractivity contribution in [2.24, 2.45) is 7.05 Å². The van der Waals surface area contributed by atoms with Crippen LogP contribution in [0.5, 0.6) is 0 Å². The molecule has 0 saturated carbocycles. The number of ether oxygens (including phenoxy) is 2. The molecule has 0 spiro atoms. The lowest BCUT2D eigenvalue weighted by molar-refractivity contribution is 0.0516. The van der Waals surface area contributed by atoms with Crippen LogP contribution in [0.4, 0.5) is 4.79 Å². The van der Waals surface area contributed by atoms with Crippen LogP contribution in [0, 0.1) is 0 Å². The van der Waals surface area contributed by atoms with Gasteiger partial charge in [-0.25, -0.2) is 9.59 Å². The first-order valence-electron chi connectivity index (χ1n) is 8.74. The van der Waals surface area contributed by atoms with E-state index in [-0.39, 0.29) is 5.97 Å². The number of alkyl carbamates (subject to hydrolysis) is 1. The second-order valence-corrected chi connectivity index (χ2v) is 7.25. The summed E-state index contributed by atoms with van der Waals surface area (Å²) in [6.07, 6.45) is 2.32. The van der Waals surface area contributed by atoms with E-state index < -0.39 is 11.7 Å². The third-order valence-corrected chi connectivity index (χ3v) is 4.06. The average Bonchev–Trinajstić information content (AvgIpc) is 2.82. The number of esters is 1. The molecule has 7 heteroatoms. The van der Waals surface area contributed by atoms with Gasteiger partial charge in [-0.2, -0.15) is 0 Å². The zero-order valence-corrected chi connectivity index (χ0v) is 15.8. The number of aromatic nitrogens is 1. The molecule has 1 amide bonds. The second kappa shape index (κ2) is 7.91. The van der Waals surface area contributed by atoms with Crippen LogP contribution in [0.2, 0.25) is 0 Å². The number of fused-ring (bicyclic) bond motifs is 1. The van der Waals surface area contributed by atoms with Crippen molar-refractivity contribution in [3.8, 4) is 0 Å². The molecule has 0 aromatic carbocycles. The van der Waals surface area contributed by atoms with E-state index in [2.05, 4.69) is 10.2 Å². The highest BCUT2D eigenvalue weighted by Crippen LogP contribution is 2.24. The van der Waals surface area contributed by atoms with Crippen molar-refractivity contribution in [2.45, 2.75) is 46.3 Å². The van der Waals surface area contributed by atoms with Crippen molar-refractivity contribution in [2.75, 3.05) is 26.2 Å². The minimum atomic E-state index is -0.497. The Labute approximate surface area is 149 Å². The summed E-state index contributed by atoms with van der Waals surface area (Å²) < 4.78 is 12.4. The predicted octanol–water partition coefficient (Wildman–Crippen LogP) is 2.08. The van der Waals surface area contributed by atoms with Gasteiger partial charge in [-0.1, -0.05) is 0 Å². The fraction of sp³-hybridized carbons (Fsp3) is 0.667. The maximum atomic E-state index is 12.1. The Kier molecular flexibility index (Phi) is 6.11. The Hall–Kier alpha value is -2.02. The van der Waals surface area contributed by atoms with Gasteiger partial charge in [-0.05, 0) is 27.7 Å². The van der Waals surface area contributed by atoms with Gasteiger partial charge in [0.15, 0.2) is 0 Å². The Morgan fingerprint density at radius 1 is 1.32 bits per heavy atom. The molecule has 1 aliphatic heterocycles. The predicted molar refractivity (Wildman–Crippen MR) is 94.6 cm³/mol. The third kappa shape index (κ3) is 5.22. The second-order valence-electron chi connectivity index (χ2n) is 7.25. The van der Waals surface area contributed by atoms with Crippen LogP contribution in [0.1, 0.15) is 49.3 Å². The van der Waals surface area contributed by atoms with Crippen LogP contribution < -0.4 is 5.32 Å². The number of nitrogens with one attached hydrogen (secondary N) is 1. The number of carbonyl (C=O) groups excluding carboxylic acids is 2. The molecule has 1 aliphatic rings. The van der Waals surface area contributed by atoms with E-state index in [1.807, 2.05) is 45.5 Å². The lowest BCUT2D eigenvalue weighted by Crippen LogP contribution is -2.40. The molecule has 7 nitrogen and oxygen atoms in total. The summed E-state index contributed by atoms with van der Waals surface area (Å²) in [5.74, 6) is -0.270. The maximum Gasteiger partial charge on any atom is 0.407 e. The topological polar surface area (TPSA) is 72.8 Å². The molecule has 25 heavy (non-hydrogen) atoms. The minimum Gasteiger partial charge on any atom is -0.462 e. The molecule has 2 heterocycles. The fourth-order valence-corrected chi connectivity index (χ4v) is 2.99. The molecule has 0 radical (unpaired) electrons. The van der Waals surface area contributed by atoms with Gasteiger partial charge in [-0.3, -0.25) is 4.90 Å². The summed E-state index contributed by atoms with van der Waals surface area (Å²) in [6.45, 7) is 10.5. The molecule has 0 saturated heterocycles. The Bertz CT molecular complexity index is 631. The molecule has 0 atom stereocenters. The van der Waals surface area contributed by atoms with Crippen LogP contribution in [-0.4, -0.2) is 53.4 Å². The highest BCUT2D eigenvalue weighted by atomic mass is 16.6. The zero-order valence-electron chi connectivity index (χ0n) is 15.8. The smallest absolute Gasteiger partial charge is 0.407 e. The quantitative estimate of drug-likeness (QED) is 0.823. The van der Waals surface area contributed by atoms with Crippen LogP contribution in [0.15, 0.2) is 6.20 Å². The van der Waals surface area contributed by atoms with E-state index in [9.17, 15) is 9.59 Å². The SMILES string of the molecule is CCOC(=O)c1cn(C)c2c1CN(CCNC(=O)OC(C)(C)C)CC2. The molecule has 1 N–H and O–H groups in total. The van der Waals surface area contributed by atoms with Crippen molar-refractivity contribution in [1.82, 2.24) is 14.8 Å². The highest BCUT2D eigenvalue weighted by molar-refractivity contribution is 5.91. The van der Waals surface area contributed by atoms with Crippen molar-refractivity contribution >= 4 is 12.1 Å². The Morgan fingerprint density at radius 2 is 2.04 bits per heavy atom. The van der Waals surface area contributed by atoms with E-state index in [4.69, 9.17) is 9.47 Å². The van der Waals surface area contributed by atoms with E-state index in [0.717, 1.165) is 18.5 Å². The largest absolute Gasteiger partial charge is 0.462 e. The van der Waals surface area contributed by atoms with Gasteiger partial charge in [-0.15, -0.1) is 0 Å². The molecular formula is C18H29N3O4. The van der Waals surface area contributed by atoms with Gasteiger partial charge in [0.2, 0.25) is 0 Å². The first-order chi connectivity index (χ1) is 11.7. The fourth-order valence-electron chi connectivity index (χ4n) is 2.99. The summed E-state index contributed by atoms with van der Waals surface area (Å²) >= 11 is 0. The van der Waals surface area contributed by atoms with Gasteiger partial charge in [0.1, 0.15) is 5.60 Å². The first kappa shape index (κ1) is 19.3. The van der Waals surface area contributed by atoms with Gasteiger partial charge >= 0.3 is 12.1 Å². The molecule has 1 aromatic heterocycles. The summed E-state index contributed by atoms with van der Waals surface area (Å²) in [5, 5.41) is 2.77. The van der Waals surface area contributed by atoms with Crippen LogP contribution in [0.3, 0.4) is 0 Å². The first-order valence-corrected chi connectivity index (χ1v) is 8.74. The number of hydrogen-bond donors (Lipinski definition) is 1. The summed E-state index contributed by atoms with van der Waals surface area (Å²) in [4.78, 5) is 26.1. The number of aryl methyl sites for hydroxylation is 1. The van der Waals surface area contributed by atoms with Crippen LogP contribution in [-0.2, 0) is 29.5 Å². The highest BCUT2D eigenvalue weighted by Gasteiger charge is 2.26. The number of rotatable bonds is 5. The summed E-state index contributed by atoms with van der Waals surface area (Å²) in [7, 11) is 1.96. The van der Waals surface area contributed by atoms with E-state index >= 15 is 0 Å². The molecule has 0 bridgehead atoms. The Morgan fingerprint density at radius 3 is 2.68 bits per heavy atom. The number of amides is 1. The monoisotopic (exact) mass is 351 g/mol. The summed E-state index contributed by atoms with van der Waals surface area (Å²) in [5.41, 5.74) is 2.36. The maximum absolute atomic E-state index is 12.1. The average molecular weight is 351 g/mol. The van der Waals surface area contributed by atoms with Gasteiger partial charge in [0.05, 0.1) is 12.2 Å². The number of carbonyl (C=O) groups is 2. The minimum absolute atomic E-state index is 0.270. The molecule has 0 unspecified atom stereocenters. The number of hydrogen-bond acceptors (Lipinski definition) is 5. The van der Waals surface area contributed by atoms with E-state index in [1.165, 1.54) is 5.69 Å². The third-order valence-electron chi connectivity index (χ3n) is 4.06. The van der Waals surface area contributed by atoms with Crippen molar-refractivity contribution in [1.29, 1.82) is 0 Å². The van der Waals surface area contributed by atoms with E-state index in [1.54, 1.807) is 0 Å². The lowest BCUT2D eigenvalue weighted by Gasteiger charge is -2.28. The van der Waals surface area contributed by atoms with Crippen molar-refractivity contribution in [3.63, 3.8) is 0 Å². The molecular weight excluding hydrogens is 322 g/mol. The molecule has 1 aromatic rings. The zero-order chi connectivity index (χ0) is 18.6.